The summed E-state index contributed by atoms with van der Waals surface area (Å²) in [5.74, 6) is 0.0615. The molecule has 9 heteroatoms. The van der Waals surface area contributed by atoms with Crippen molar-refractivity contribution in [3.63, 3.8) is 0 Å². The number of carbonyl (C=O) groups excluding carboxylic acids is 1. The molecule has 0 N–H and O–H groups in total. The van der Waals surface area contributed by atoms with Gasteiger partial charge in [-0.15, -0.1) is 0 Å². The molecule has 2 fully saturated rings. The van der Waals surface area contributed by atoms with Gasteiger partial charge in [-0.2, -0.15) is 13.2 Å². The zero-order valence-corrected chi connectivity index (χ0v) is 14.2. The van der Waals surface area contributed by atoms with Crippen LogP contribution in [-0.4, -0.2) is 61.4 Å². The van der Waals surface area contributed by atoms with Gasteiger partial charge in [0.1, 0.15) is 6.10 Å². The van der Waals surface area contributed by atoms with E-state index in [1.165, 1.54) is 6.07 Å². The highest BCUT2D eigenvalue weighted by Crippen LogP contribution is 2.29. The van der Waals surface area contributed by atoms with Gasteiger partial charge in [-0.1, -0.05) is 0 Å². The molecule has 1 amide bonds. The van der Waals surface area contributed by atoms with E-state index >= 15 is 0 Å². The molecular formula is C17H21F3N2O4. The number of nitrogens with zero attached hydrogens (tertiary/aromatic N) is 2. The van der Waals surface area contributed by atoms with Gasteiger partial charge in [-0.05, 0) is 18.9 Å². The van der Waals surface area contributed by atoms with Gasteiger partial charge in [0.25, 0.3) is 0 Å². The summed E-state index contributed by atoms with van der Waals surface area (Å²) in [6.07, 6.45) is -2.79. The molecule has 2 saturated heterocycles. The van der Waals surface area contributed by atoms with E-state index in [0.717, 1.165) is 12.3 Å². The Hall–Kier alpha value is -1.87. The summed E-state index contributed by atoms with van der Waals surface area (Å²) in [5.41, 5.74) is -0.835. The van der Waals surface area contributed by atoms with E-state index in [2.05, 4.69) is 4.98 Å². The van der Waals surface area contributed by atoms with Crippen LogP contribution in [-0.2, 0) is 20.4 Å². The summed E-state index contributed by atoms with van der Waals surface area (Å²) >= 11 is 0. The number of rotatable bonds is 3. The van der Waals surface area contributed by atoms with Crippen LogP contribution in [0, 0.1) is 5.92 Å². The van der Waals surface area contributed by atoms with E-state index in [-0.39, 0.29) is 24.3 Å². The first-order valence-electron chi connectivity index (χ1n) is 8.57. The molecule has 2 aliphatic rings. The topological polar surface area (TPSA) is 60.9 Å². The molecule has 3 heterocycles. The van der Waals surface area contributed by atoms with Gasteiger partial charge in [-0.25, -0.2) is 4.98 Å². The molecule has 1 unspecified atom stereocenters. The van der Waals surface area contributed by atoms with Crippen LogP contribution in [0.4, 0.5) is 13.2 Å². The van der Waals surface area contributed by atoms with Gasteiger partial charge in [0.2, 0.25) is 11.8 Å². The number of hydrogen-bond acceptors (Lipinski definition) is 5. The summed E-state index contributed by atoms with van der Waals surface area (Å²) < 4.78 is 54.2. The number of amides is 1. The molecule has 1 atom stereocenters. The van der Waals surface area contributed by atoms with E-state index < -0.39 is 17.8 Å². The molecule has 0 bridgehead atoms. The molecule has 6 nitrogen and oxygen atoms in total. The Morgan fingerprint density at radius 3 is 2.62 bits per heavy atom. The predicted octanol–water partition coefficient (Wildman–Crippen LogP) is 2.13. The zero-order chi connectivity index (χ0) is 18.6. The van der Waals surface area contributed by atoms with Gasteiger partial charge in [0, 0.05) is 37.9 Å². The van der Waals surface area contributed by atoms with Crippen LogP contribution in [0.5, 0.6) is 5.88 Å². The number of pyridine rings is 1. The van der Waals surface area contributed by atoms with E-state index in [1.807, 2.05) is 0 Å². The number of halogens is 3. The van der Waals surface area contributed by atoms with Crippen molar-refractivity contribution >= 4 is 5.91 Å². The predicted molar refractivity (Wildman–Crippen MR) is 84.6 cm³/mol. The normalized spacial score (nSPS) is 22.7. The average Bonchev–Trinajstić information content (AvgIpc) is 2.87. The third-order valence-corrected chi connectivity index (χ3v) is 4.47. The second-order valence-corrected chi connectivity index (χ2v) is 6.37. The number of carbonyl (C=O) groups is 1. The highest BCUT2D eigenvalue weighted by Gasteiger charge is 2.32. The summed E-state index contributed by atoms with van der Waals surface area (Å²) in [6, 6.07) is 2.10. The van der Waals surface area contributed by atoms with Crippen molar-refractivity contribution < 1.29 is 32.2 Å². The fourth-order valence-electron chi connectivity index (χ4n) is 3.04. The van der Waals surface area contributed by atoms with Gasteiger partial charge in [-0.3, -0.25) is 4.79 Å². The Bertz CT molecular complexity index is 603. The Morgan fingerprint density at radius 2 is 1.96 bits per heavy atom. The summed E-state index contributed by atoms with van der Waals surface area (Å²) in [5, 5.41) is 0. The summed E-state index contributed by atoms with van der Waals surface area (Å²) in [7, 11) is 0. The maximum atomic E-state index is 12.7. The number of aromatic nitrogens is 1. The highest BCUT2D eigenvalue weighted by atomic mass is 19.4. The van der Waals surface area contributed by atoms with Crippen LogP contribution >= 0.6 is 0 Å². The van der Waals surface area contributed by atoms with Crippen molar-refractivity contribution in [1.29, 1.82) is 0 Å². The smallest absolute Gasteiger partial charge is 0.417 e. The first-order chi connectivity index (χ1) is 12.4. The Kier molecular flexibility index (Phi) is 5.98. The van der Waals surface area contributed by atoms with E-state index in [4.69, 9.17) is 14.2 Å². The molecular weight excluding hydrogens is 353 g/mol. The summed E-state index contributed by atoms with van der Waals surface area (Å²) in [6.45, 7) is 2.59. The SMILES string of the molecule is O=C(C1CCOCC1)N1CCOCC(Oc2ccc(C(F)(F)F)cn2)C1. The average molecular weight is 374 g/mol. The maximum Gasteiger partial charge on any atom is 0.417 e. The second-order valence-electron chi connectivity index (χ2n) is 6.37. The lowest BCUT2D eigenvalue weighted by Gasteiger charge is -2.29. The lowest BCUT2D eigenvalue weighted by atomic mass is 9.98. The van der Waals surface area contributed by atoms with Crippen molar-refractivity contribution in [2.24, 2.45) is 5.92 Å². The van der Waals surface area contributed by atoms with Crippen molar-refractivity contribution in [2.45, 2.75) is 25.1 Å². The van der Waals surface area contributed by atoms with E-state index in [0.29, 0.717) is 45.8 Å². The molecule has 0 saturated carbocycles. The minimum Gasteiger partial charge on any atom is -0.470 e. The van der Waals surface area contributed by atoms with Crippen molar-refractivity contribution in [1.82, 2.24) is 9.88 Å². The molecule has 0 radical (unpaired) electrons. The summed E-state index contributed by atoms with van der Waals surface area (Å²) in [4.78, 5) is 18.1. The third kappa shape index (κ3) is 4.85. The molecule has 2 aliphatic heterocycles. The van der Waals surface area contributed by atoms with Crippen molar-refractivity contribution in [3.05, 3.63) is 23.9 Å². The third-order valence-electron chi connectivity index (χ3n) is 4.47. The van der Waals surface area contributed by atoms with E-state index in [9.17, 15) is 18.0 Å². The Morgan fingerprint density at radius 1 is 1.19 bits per heavy atom. The van der Waals surface area contributed by atoms with Crippen LogP contribution in [0.3, 0.4) is 0 Å². The van der Waals surface area contributed by atoms with Gasteiger partial charge >= 0.3 is 6.18 Å². The largest absolute Gasteiger partial charge is 0.470 e. The Labute approximate surface area is 149 Å². The van der Waals surface area contributed by atoms with Crippen LogP contribution in [0.25, 0.3) is 0 Å². The molecule has 3 rings (SSSR count). The van der Waals surface area contributed by atoms with Gasteiger partial charge in [0.15, 0.2) is 0 Å². The van der Waals surface area contributed by atoms with Crippen LogP contribution in [0.15, 0.2) is 18.3 Å². The van der Waals surface area contributed by atoms with Gasteiger partial charge < -0.3 is 19.1 Å². The van der Waals surface area contributed by atoms with Crippen molar-refractivity contribution in [3.8, 4) is 5.88 Å². The lowest BCUT2D eigenvalue weighted by molar-refractivity contribution is -0.139. The van der Waals surface area contributed by atoms with Crippen LogP contribution < -0.4 is 4.74 Å². The molecule has 1 aromatic rings. The fraction of sp³-hybridized carbons (Fsp3) is 0.647. The minimum absolute atomic E-state index is 0.0489. The van der Waals surface area contributed by atoms with Crippen LogP contribution in [0.1, 0.15) is 18.4 Å². The van der Waals surface area contributed by atoms with Crippen LogP contribution in [0.2, 0.25) is 0 Å². The highest BCUT2D eigenvalue weighted by molar-refractivity contribution is 5.79. The molecule has 26 heavy (non-hydrogen) atoms. The number of hydrogen-bond donors (Lipinski definition) is 0. The molecule has 0 aliphatic carbocycles. The molecule has 0 spiro atoms. The first kappa shape index (κ1) is 18.9. The lowest BCUT2D eigenvalue weighted by Crippen LogP contribution is -2.44. The van der Waals surface area contributed by atoms with Gasteiger partial charge in [0.05, 0.1) is 25.3 Å². The second kappa shape index (κ2) is 8.22. The van der Waals surface area contributed by atoms with E-state index in [1.54, 1.807) is 4.90 Å². The quantitative estimate of drug-likeness (QED) is 0.811. The fourth-order valence-corrected chi connectivity index (χ4v) is 3.04. The monoisotopic (exact) mass is 374 g/mol. The standard InChI is InChI=1S/C17H21F3N2O4/c18-17(19,20)13-1-2-15(21-9-13)26-14-10-22(5-8-25-11-14)16(23)12-3-6-24-7-4-12/h1-2,9,12,14H,3-8,10-11H2. The minimum atomic E-state index is -4.44. The number of ether oxygens (including phenoxy) is 3. The van der Waals surface area contributed by atoms with Crippen molar-refractivity contribution in [2.75, 3.05) is 39.5 Å². The first-order valence-corrected chi connectivity index (χ1v) is 8.57. The molecule has 144 valence electrons. The maximum absolute atomic E-state index is 12.7. The Balaban J connectivity index is 1.61. The zero-order valence-electron chi connectivity index (χ0n) is 14.2. The molecule has 1 aromatic heterocycles. The number of alkyl halides is 3. The molecule has 0 aromatic carbocycles.